The summed E-state index contributed by atoms with van der Waals surface area (Å²) in [6.07, 6.45) is 0. The first-order valence-electron chi connectivity index (χ1n) is 5.27. The predicted molar refractivity (Wildman–Crippen MR) is 64.7 cm³/mol. The van der Waals surface area contributed by atoms with E-state index in [0.717, 1.165) is 16.3 Å². The monoisotopic (exact) mass is 214 g/mol. The lowest BCUT2D eigenvalue weighted by atomic mass is 10.00. The molecule has 0 aliphatic rings. The van der Waals surface area contributed by atoms with Gasteiger partial charge in [-0.15, -0.1) is 0 Å². The highest BCUT2D eigenvalue weighted by atomic mass is 16.5. The molecule has 0 amide bonds. The largest absolute Gasteiger partial charge is 0.426 e. The van der Waals surface area contributed by atoms with Gasteiger partial charge in [0.2, 0.25) is 0 Å². The highest BCUT2D eigenvalue weighted by molar-refractivity contribution is 5.93. The molecule has 0 aliphatic carbocycles. The zero-order valence-corrected chi connectivity index (χ0v) is 9.70. The average molecular weight is 214 g/mol. The van der Waals surface area contributed by atoms with Crippen molar-refractivity contribution in [2.45, 2.75) is 20.8 Å². The molecule has 82 valence electrons. The third-order valence-corrected chi connectivity index (χ3v) is 2.79. The van der Waals surface area contributed by atoms with Crippen LogP contribution in [-0.4, -0.2) is 5.97 Å². The van der Waals surface area contributed by atoms with Crippen molar-refractivity contribution in [1.29, 1.82) is 0 Å². The Kier molecular flexibility index (Phi) is 2.65. The van der Waals surface area contributed by atoms with Gasteiger partial charge < -0.3 is 4.74 Å². The molecule has 0 saturated carbocycles. The van der Waals surface area contributed by atoms with Crippen LogP contribution in [0.5, 0.6) is 5.75 Å². The predicted octanol–water partition coefficient (Wildman–Crippen LogP) is 3.38. The summed E-state index contributed by atoms with van der Waals surface area (Å²) in [5.74, 6) is 0.361. The molecule has 2 aromatic carbocycles. The first kappa shape index (κ1) is 10.7. The number of esters is 1. The fourth-order valence-corrected chi connectivity index (χ4v) is 1.86. The molecule has 2 heteroatoms. The molecule has 0 aromatic heterocycles. The van der Waals surface area contributed by atoms with Crippen LogP contribution in [0.2, 0.25) is 0 Å². The van der Waals surface area contributed by atoms with E-state index in [2.05, 4.69) is 6.92 Å². The lowest BCUT2D eigenvalue weighted by molar-refractivity contribution is -0.131. The van der Waals surface area contributed by atoms with E-state index in [1.165, 1.54) is 12.5 Å². The first-order chi connectivity index (χ1) is 7.59. The number of hydrogen-bond donors (Lipinski definition) is 0. The van der Waals surface area contributed by atoms with E-state index < -0.39 is 0 Å². The van der Waals surface area contributed by atoms with Crippen LogP contribution in [0, 0.1) is 13.8 Å². The molecule has 16 heavy (non-hydrogen) atoms. The van der Waals surface area contributed by atoms with Gasteiger partial charge in [-0.1, -0.05) is 24.3 Å². The number of hydrogen-bond acceptors (Lipinski definition) is 2. The van der Waals surface area contributed by atoms with Gasteiger partial charge in [-0.25, -0.2) is 0 Å². The van der Waals surface area contributed by atoms with Crippen molar-refractivity contribution in [2.24, 2.45) is 0 Å². The normalized spacial score (nSPS) is 10.4. The number of carbonyl (C=O) groups is 1. The Balaban J connectivity index is 2.74. The molecule has 0 heterocycles. The van der Waals surface area contributed by atoms with Crippen LogP contribution in [0.3, 0.4) is 0 Å². The molecule has 2 rings (SSSR count). The van der Waals surface area contributed by atoms with Gasteiger partial charge in [-0.2, -0.15) is 0 Å². The van der Waals surface area contributed by atoms with Gasteiger partial charge in [0.15, 0.2) is 0 Å². The zero-order chi connectivity index (χ0) is 11.7. The van der Waals surface area contributed by atoms with Gasteiger partial charge in [0.05, 0.1) is 0 Å². The summed E-state index contributed by atoms with van der Waals surface area (Å²) in [5, 5.41) is 2.12. The van der Waals surface area contributed by atoms with E-state index in [0.29, 0.717) is 5.75 Å². The third-order valence-electron chi connectivity index (χ3n) is 2.79. The summed E-state index contributed by atoms with van der Waals surface area (Å²) in [6.45, 7) is 5.52. The van der Waals surface area contributed by atoms with Gasteiger partial charge in [-0.3, -0.25) is 4.79 Å². The van der Waals surface area contributed by atoms with E-state index in [4.69, 9.17) is 4.74 Å². The fourth-order valence-electron chi connectivity index (χ4n) is 1.86. The highest BCUT2D eigenvalue weighted by Crippen LogP contribution is 2.30. The summed E-state index contributed by atoms with van der Waals surface area (Å²) in [6, 6.07) is 9.88. The van der Waals surface area contributed by atoms with E-state index in [-0.39, 0.29) is 5.97 Å². The zero-order valence-electron chi connectivity index (χ0n) is 9.70. The Labute approximate surface area is 94.8 Å². The van der Waals surface area contributed by atoms with Gasteiger partial charge in [0.1, 0.15) is 5.75 Å². The van der Waals surface area contributed by atoms with Crippen LogP contribution in [0.1, 0.15) is 18.1 Å². The molecule has 0 aliphatic heterocycles. The Morgan fingerprint density at radius 3 is 2.38 bits per heavy atom. The molecular formula is C14H14O2. The van der Waals surface area contributed by atoms with Gasteiger partial charge >= 0.3 is 5.97 Å². The highest BCUT2D eigenvalue weighted by Gasteiger charge is 2.08. The molecule has 0 atom stereocenters. The Morgan fingerprint density at radius 1 is 1.12 bits per heavy atom. The SMILES string of the molecule is CC(=O)Oc1cc(C)c(C)c2ccccc12. The molecule has 0 radical (unpaired) electrons. The minimum absolute atomic E-state index is 0.284. The van der Waals surface area contributed by atoms with E-state index >= 15 is 0 Å². The van der Waals surface area contributed by atoms with Crippen LogP contribution < -0.4 is 4.74 Å². The maximum atomic E-state index is 11.0. The van der Waals surface area contributed by atoms with Crippen molar-refractivity contribution in [3.63, 3.8) is 0 Å². The third kappa shape index (κ3) is 1.78. The Bertz CT molecular complexity index is 556. The molecule has 2 aromatic rings. The van der Waals surface area contributed by atoms with E-state index in [9.17, 15) is 4.79 Å². The maximum absolute atomic E-state index is 11.0. The van der Waals surface area contributed by atoms with Gasteiger partial charge in [0.25, 0.3) is 0 Å². The second-order valence-corrected chi connectivity index (χ2v) is 3.96. The molecular weight excluding hydrogens is 200 g/mol. The van der Waals surface area contributed by atoms with Crippen LogP contribution in [0.4, 0.5) is 0 Å². The summed E-state index contributed by atoms with van der Waals surface area (Å²) < 4.78 is 5.22. The molecule has 0 saturated heterocycles. The Morgan fingerprint density at radius 2 is 1.75 bits per heavy atom. The van der Waals surface area contributed by atoms with Crippen molar-refractivity contribution in [1.82, 2.24) is 0 Å². The van der Waals surface area contributed by atoms with Gasteiger partial charge in [-0.05, 0) is 36.4 Å². The van der Waals surface area contributed by atoms with Crippen molar-refractivity contribution < 1.29 is 9.53 Å². The second kappa shape index (κ2) is 3.97. The smallest absolute Gasteiger partial charge is 0.308 e. The molecule has 0 unspecified atom stereocenters. The molecule has 0 fully saturated rings. The minimum Gasteiger partial charge on any atom is -0.426 e. The molecule has 2 nitrogen and oxygen atoms in total. The molecule has 0 N–H and O–H groups in total. The lowest BCUT2D eigenvalue weighted by Gasteiger charge is -2.11. The van der Waals surface area contributed by atoms with Crippen LogP contribution in [-0.2, 0) is 4.79 Å². The van der Waals surface area contributed by atoms with Crippen molar-refractivity contribution in [3.05, 3.63) is 41.5 Å². The van der Waals surface area contributed by atoms with Crippen molar-refractivity contribution in [2.75, 3.05) is 0 Å². The number of benzene rings is 2. The summed E-state index contributed by atoms with van der Waals surface area (Å²) in [7, 11) is 0. The summed E-state index contributed by atoms with van der Waals surface area (Å²) in [5.41, 5.74) is 2.36. The maximum Gasteiger partial charge on any atom is 0.308 e. The van der Waals surface area contributed by atoms with Crippen LogP contribution >= 0.6 is 0 Å². The number of ether oxygens (including phenoxy) is 1. The standard InChI is InChI=1S/C14H14O2/c1-9-8-14(16-11(3)15)13-7-5-4-6-12(13)10(9)2/h4-8H,1-3H3. The molecule has 0 spiro atoms. The van der Waals surface area contributed by atoms with E-state index in [1.54, 1.807) is 0 Å². The number of fused-ring (bicyclic) bond motifs is 1. The molecule has 0 bridgehead atoms. The average Bonchev–Trinajstić information content (AvgIpc) is 2.25. The lowest BCUT2D eigenvalue weighted by Crippen LogP contribution is -2.02. The van der Waals surface area contributed by atoms with Crippen LogP contribution in [0.25, 0.3) is 10.8 Å². The van der Waals surface area contributed by atoms with Gasteiger partial charge in [0, 0.05) is 12.3 Å². The summed E-state index contributed by atoms with van der Waals surface area (Å²) in [4.78, 5) is 11.0. The van der Waals surface area contributed by atoms with Crippen LogP contribution in [0.15, 0.2) is 30.3 Å². The quantitative estimate of drug-likeness (QED) is 0.537. The Hall–Kier alpha value is -1.83. The number of carbonyl (C=O) groups excluding carboxylic acids is 1. The van der Waals surface area contributed by atoms with E-state index in [1.807, 2.05) is 37.3 Å². The van der Waals surface area contributed by atoms with Crippen molar-refractivity contribution >= 4 is 16.7 Å². The first-order valence-corrected chi connectivity index (χ1v) is 5.27. The topological polar surface area (TPSA) is 26.3 Å². The number of rotatable bonds is 1. The minimum atomic E-state index is -0.284. The summed E-state index contributed by atoms with van der Waals surface area (Å²) >= 11 is 0. The fraction of sp³-hybridized carbons (Fsp3) is 0.214. The van der Waals surface area contributed by atoms with Crippen molar-refractivity contribution in [3.8, 4) is 5.75 Å². The second-order valence-electron chi connectivity index (χ2n) is 3.96. The number of aryl methyl sites for hydroxylation is 2.